The van der Waals surface area contributed by atoms with Gasteiger partial charge in [-0.3, -0.25) is 4.79 Å². The van der Waals surface area contributed by atoms with Crippen LogP contribution in [0.25, 0.3) is 0 Å². The lowest BCUT2D eigenvalue weighted by molar-refractivity contribution is -0.120. The molecule has 0 aromatic carbocycles. The van der Waals surface area contributed by atoms with Crippen LogP contribution in [0.3, 0.4) is 0 Å². The highest BCUT2D eigenvalue weighted by molar-refractivity contribution is 5.78. The average Bonchev–Trinajstić information content (AvgIpc) is 2.86. The summed E-state index contributed by atoms with van der Waals surface area (Å²) in [5.41, 5.74) is 0. The number of carbonyl (C=O) groups excluding carboxylic acids is 1. The number of amides is 1. The third kappa shape index (κ3) is 2.69. The van der Waals surface area contributed by atoms with Crippen molar-refractivity contribution in [2.45, 2.75) is 44.4 Å². The van der Waals surface area contributed by atoms with Gasteiger partial charge in [-0.2, -0.15) is 0 Å². The number of ether oxygens (including phenoxy) is 1. The first kappa shape index (κ1) is 9.93. The van der Waals surface area contributed by atoms with Crippen molar-refractivity contribution in [1.29, 1.82) is 0 Å². The van der Waals surface area contributed by atoms with Crippen LogP contribution in [0.5, 0.6) is 0 Å². The summed E-state index contributed by atoms with van der Waals surface area (Å²) in [5, 5.41) is 6.18. The maximum atomic E-state index is 11.3. The molecule has 0 radical (unpaired) electrons. The molecule has 1 heterocycles. The van der Waals surface area contributed by atoms with Crippen LogP contribution >= 0.6 is 0 Å². The standard InChI is InChI=1S/C10H18N2O2/c1-7-9(4-5-14-7)11-6-10(13)12-8-2-3-8/h7-9,11H,2-6H2,1H3,(H,12,13). The van der Waals surface area contributed by atoms with Crippen molar-refractivity contribution >= 4 is 5.91 Å². The number of hydrogen-bond acceptors (Lipinski definition) is 3. The first-order valence-electron chi connectivity index (χ1n) is 5.40. The molecule has 1 amide bonds. The van der Waals surface area contributed by atoms with Crippen LogP contribution in [0.1, 0.15) is 26.2 Å². The first-order chi connectivity index (χ1) is 6.75. The van der Waals surface area contributed by atoms with Gasteiger partial charge in [-0.25, -0.2) is 0 Å². The molecule has 2 rings (SSSR count). The van der Waals surface area contributed by atoms with E-state index in [0.29, 0.717) is 18.6 Å². The third-order valence-corrected chi connectivity index (χ3v) is 2.84. The molecule has 1 aliphatic heterocycles. The number of carbonyl (C=O) groups is 1. The highest BCUT2D eigenvalue weighted by Gasteiger charge is 2.26. The molecule has 80 valence electrons. The van der Waals surface area contributed by atoms with Crippen LogP contribution in [0, 0.1) is 0 Å². The molecule has 1 aliphatic carbocycles. The smallest absolute Gasteiger partial charge is 0.234 e. The number of rotatable bonds is 4. The Balaban J connectivity index is 1.62. The number of hydrogen-bond donors (Lipinski definition) is 2. The van der Waals surface area contributed by atoms with Gasteiger partial charge in [0.1, 0.15) is 0 Å². The van der Waals surface area contributed by atoms with Gasteiger partial charge in [-0.1, -0.05) is 0 Å². The van der Waals surface area contributed by atoms with Crippen molar-refractivity contribution in [2.75, 3.05) is 13.2 Å². The molecular formula is C10H18N2O2. The Morgan fingerprint density at radius 1 is 1.43 bits per heavy atom. The molecule has 0 aromatic heterocycles. The molecule has 4 nitrogen and oxygen atoms in total. The van der Waals surface area contributed by atoms with Gasteiger partial charge in [0.05, 0.1) is 12.6 Å². The second kappa shape index (κ2) is 4.28. The van der Waals surface area contributed by atoms with E-state index in [0.717, 1.165) is 25.9 Å². The molecule has 1 saturated carbocycles. The van der Waals surface area contributed by atoms with Gasteiger partial charge in [0.2, 0.25) is 5.91 Å². The monoisotopic (exact) mass is 198 g/mol. The van der Waals surface area contributed by atoms with Crippen LogP contribution in [0.4, 0.5) is 0 Å². The van der Waals surface area contributed by atoms with Gasteiger partial charge in [0.25, 0.3) is 0 Å². The van der Waals surface area contributed by atoms with Crippen molar-refractivity contribution in [3.8, 4) is 0 Å². The summed E-state index contributed by atoms with van der Waals surface area (Å²) >= 11 is 0. The molecule has 1 saturated heterocycles. The summed E-state index contributed by atoms with van der Waals surface area (Å²) in [6.07, 6.45) is 3.55. The lowest BCUT2D eigenvalue weighted by Gasteiger charge is -2.15. The van der Waals surface area contributed by atoms with Crippen molar-refractivity contribution in [1.82, 2.24) is 10.6 Å². The molecule has 2 N–H and O–H groups in total. The fraction of sp³-hybridized carbons (Fsp3) is 0.900. The SMILES string of the molecule is CC1OCCC1NCC(=O)NC1CC1. The van der Waals surface area contributed by atoms with Gasteiger partial charge in [-0.05, 0) is 26.2 Å². The molecule has 0 spiro atoms. The van der Waals surface area contributed by atoms with E-state index in [-0.39, 0.29) is 12.0 Å². The Kier molecular flexibility index (Phi) is 3.03. The lowest BCUT2D eigenvalue weighted by Crippen LogP contribution is -2.42. The molecule has 2 fully saturated rings. The fourth-order valence-electron chi connectivity index (χ4n) is 1.73. The molecule has 2 unspecified atom stereocenters. The molecule has 0 bridgehead atoms. The molecule has 2 aliphatic rings. The summed E-state index contributed by atoms with van der Waals surface area (Å²) in [7, 11) is 0. The summed E-state index contributed by atoms with van der Waals surface area (Å²) in [6, 6.07) is 0.807. The summed E-state index contributed by atoms with van der Waals surface area (Å²) in [5.74, 6) is 0.117. The van der Waals surface area contributed by atoms with Gasteiger partial charge in [0.15, 0.2) is 0 Å². The second-order valence-electron chi connectivity index (χ2n) is 4.19. The molecule has 14 heavy (non-hydrogen) atoms. The predicted molar refractivity (Wildman–Crippen MR) is 53.0 cm³/mol. The quantitative estimate of drug-likeness (QED) is 0.670. The molecule has 4 heteroatoms. The van der Waals surface area contributed by atoms with E-state index in [4.69, 9.17) is 4.74 Å². The van der Waals surface area contributed by atoms with E-state index in [9.17, 15) is 4.79 Å². The lowest BCUT2D eigenvalue weighted by atomic mass is 10.1. The van der Waals surface area contributed by atoms with E-state index < -0.39 is 0 Å². The Morgan fingerprint density at radius 3 is 2.79 bits per heavy atom. The van der Waals surface area contributed by atoms with Gasteiger partial charge < -0.3 is 15.4 Å². The van der Waals surface area contributed by atoms with Crippen LogP contribution in [0.15, 0.2) is 0 Å². The van der Waals surface area contributed by atoms with E-state index >= 15 is 0 Å². The Hall–Kier alpha value is -0.610. The highest BCUT2D eigenvalue weighted by Crippen LogP contribution is 2.18. The van der Waals surface area contributed by atoms with Gasteiger partial charge in [-0.15, -0.1) is 0 Å². The summed E-state index contributed by atoms with van der Waals surface area (Å²) < 4.78 is 5.40. The zero-order valence-electron chi connectivity index (χ0n) is 8.58. The fourth-order valence-corrected chi connectivity index (χ4v) is 1.73. The van der Waals surface area contributed by atoms with E-state index in [1.807, 2.05) is 6.92 Å². The Labute approximate surface area is 84.4 Å². The van der Waals surface area contributed by atoms with Gasteiger partial charge in [0, 0.05) is 18.7 Å². The Bertz CT molecular complexity index is 216. The van der Waals surface area contributed by atoms with Crippen molar-refractivity contribution in [3.63, 3.8) is 0 Å². The number of nitrogens with one attached hydrogen (secondary N) is 2. The second-order valence-corrected chi connectivity index (χ2v) is 4.19. The summed E-state index contributed by atoms with van der Waals surface area (Å²) in [6.45, 7) is 3.28. The van der Waals surface area contributed by atoms with Crippen LogP contribution in [0.2, 0.25) is 0 Å². The minimum Gasteiger partial charge on any atom is -0.377 e. The third-order valence-electron chi connectivity index (χ3n) is 2.84. The molecule has 2 atom stereocenters. The summed E-state index contributed by atoms with van der Waals surface area (Å²) in [4.78, 5) is 11.3. The van der Waals surface area contributed by atoms with Crippen molar-refractivity contribution in [2.24, 2.45) is 0 Å². The predicted octanol–water partition coefficient (Wildman–Crippen LogP) is 0.0320. The van der Waals surface area contributed by atoms with E-state index in [2.05, 4.69) is 10.6 Å². The minimum absolute atomic E-state index is 0.117. The zero-order valence-corrected chi connectivity index (χ0v) is 8.58. The topological polar surface area (TPSA) is 50.4 Å². The first-order valence-corrected chi connectivity index (χ1v) is 5.40. The molecular weight excluding hydrogens is 180 g/mol. The van der Waals surface area contributed by atoms with Crippen molar-refractivity contribution in [3.05, 3.63) is 0 Å². The maximum Gasteiger partial charge on any atom is 0.234 e. The highest BCUT2D eigenvalue weighted by atomic mass is 16.5. The zero-order chi connectivity index (χ0) is 9.97. The molecule has 0 aromatic rings. The maximum absolute atomic E-state index is 11.3. The van der Waals surface area contributed by atoms with Gasteiger partial charge >= 0.3 is 0 Å². The largest absolute Gasteiger partial charge is 0.377 e. The van der Waals surface area contributed by atoms with Crippen LogP contribution in [-0.2, 0) is 9.53 Å². The minimum atomic E-state index is 0.117. The van der Waals surface area contributed by atoms with Crippen molar-refractivity contribution < 1.29 is 9.53 Å². The van der Waals surface area contributed by atoms with Crippen LogP contribution in [-0.4, -0.2) is 37.2 Å². The average molecular weight is 198 g/mol. The van der Waals surface area contributed by atoms with E-state index in [1.54, 1.807) is 0 Å². The van der Waals surface area contributed by atoms with Crippen LogP contribution < -0.4 is 10.6 Å². The Morgan fingerprint density at radius 2 is 2.21 bits per heavy atom. The van der Waals surface area contributed by atoms with E-state index in [1.165, 1.54) is 0 Å². The normalized spacial score (nSPS) is 31.8.